The molecule has 0 saturated heterocycles. The Bertz CT molecular complexity index is 1400. The Labute approximate surface area is 231 Å². The molecule has 37 heavy (non-hydrogen) atoms. The molecule has 2 atom stereocenters. The van der Waals surface area contributed by atoms with Crippen LogP contribution in [0.15, 0.2) is 66.7 Å². The molecule has 4 aromatic rings. The molecule has 4 rings (SSSR count). The number of halogens is 2. The summed E-state index contributed by atoms with van der Waals surface area (Å²) in [7, 11) is 0. The van der Waals surface area contributed by atoms with E-state index in [-0.39, 0.29) is 30.7 Å². The van der Waals surface area contributed by atoms with E-state index in [9.17, 15) is 9.59 Å². The zero-order chi connectivity index (χ0) is 26.5. The zero-order valence-corrected chi connectivity index (χ0v) is 23.1. The summed E-state index contributed by atoms with van der Waals surface area (Å²) in [5, 5.41) is 14.1. The van der Waals surface area contributed by atoms with Crippen molar-refractivity contribution in [3.05, 3.63) is 104 Å². The number of carboxylic acid groups (broad SMARTS) is 1. The van der Waals surface area contributed by atoms with Crippen LogP contribution in [0.2, 0.25) is 10.0 Å². The van der Waals surface area contributed by atoms with Crippen LogP contribution >= 0.6 is 34.5 Å². The van der Waals surface area contributed by atoms with Crippen LogP contribution in [0.25, 0.3) is 10.1 Å². The van der Waals surface area contributed by atoms with E-state index in [0.717, 1.165) is 28.1 Å². The fraction of sp³-hybridized carbons (Fsp3) is 0.267. The fourth-order valence-electron chi connectivity index (χ4n) is 4.86. The highest BCUT2D eigenvalue weighted by Gasteiger charge is 2.30. The minimum absolute atomic E-state index is 0.0842. The van der Waals surface area contributed by atoms with E-state index in [1.807, 2.05) is 48.5 Å². The normalized spacial score (nSPS) is 12.9. The lowest BCUT2D eigenvalue weighted by Gasteiger charge is -2.28. The number of rotatable bonds is 10. The van der Waals surface area contributed by atoms with E-state index in [1.165, 1.54) is 21.4 Å². The van der Waals surface area contributed by atoms with Crippen molar-refractivity contribution in [2.75, 3.05) is 6.54 Å². The van der Waals surface area contributed by atoms with Crippen molar-refractivity contribution < 1.29 is 14.7 Å². The monoisotopic (exact) mass is 553 g/mol. The van der Waals surface area contributed by atoms with Crippen molar-refractivity contribution in [1.82, 2.24) is 5.32 Å². The Morgan fingerprint density at radius 1 is 0.973 bits per heavy atom. The third kappa shape index (κ3) is 6.18. The Balaban J connectivity index is 1.75. The number of aryl methyl sites for hydroxylation is 1. The van der Waals surface area contributed by atoms with Crippen molar-refractivity contribution in [2.45, 2.75) is 44.9 Å². The number of fused-ring (bicyclic) bond motifs is 1. The third-order valence-corrected chi connectivity index (χ3v) is 8.79. The van der Waals surface area contributed by atoms with Gasteiger partial charge in [0.1, 0.15) is 0 Å². The molecule has 2 N–H and O–H groups in total. The minimum atomic E-state index is -0.941. The molecule has 0 aliphatic rings. The average Bonchev–Trinajstić information content (AvgIpc) is 3.22. The number of nitrogens with one attached hydrogen (secondary N) is 1. The summed E-state index contributed by atoms with van der Waals surface area (Å²) in [4.78, 5) is 24.5. The largest absolute Gasteiger partial charge is 0.481 e. The molecule has 0 radical (unpaired) electrons. The highest BCUT2D eigenvalue weighted by atomic mass is 35.5. The number of hydrogen-bond donors (Lipinski definition) is 2. The molecule has 1 amide bonds. The Kier molecular flexibility index (Phi) is 8.91. The number of carbonyl (C=O) groups excluding carboxylic acids is 1. The van der Waals surface area contributed by atoms with Crippen molar-refractivity contribution in [3.63, 3.8) is 0 Å². The predicted molar refractivity (Wildman–Crippen MR) is 154 cm³/mol. The summed E-state index contributed by atoms with van der Waals surface area (Å²) < 4.78 is 1.10. The molecule has 0 bridgehead atoms. The Morgan fingerprint density at radius 2 is 1.65 bits per heavy atom. The summed E-state index contributed by atoms with van der Waals surface area (Å²) in [5.41, 5.74) is 4.08. The Morgan fingerprint density at radius 3 is 2.27 bits per heavy atom. The van der Waals surface area contributed by atoms with Crippen LogP contribution in [0.4, 0.5) is 0 Å². The maximum absolute atomic E-state index is 12.5. The molecular weight excluding hydrogens is 525 g/mol. The van der Waals surface area contributed by atoms with Gasteiger partial charge in [-0.2, -0.15) is 0 Å². The van der Waals surface area contributed by atoms with Crippen molar-refractivity contribution in [1.29, 1.82) is 0 Å². The molecule has 0 aliphatic carbocycles. The molecule has 0 fully saturated rings. The summed E-state index contributed by atoms with van der Waals surface area (Å²) in [6, 6.07) is 21.8. The number of carboxylic acids is 1. The zero-order valence-electron chi connectivity index (χ0n) is 20.8. The first-order valence-electron chi connectivity index (χ1n) is 12.3. The van der Waals surface area contributed by atoms with Crippen LogP contribution in [-0.2, 0) is 4.79 Å². The summed E-state index contributed by atoms with van der Waals surface area (Å²) in [6.45, 7) is 4.45. The molecule has 192 valence electrons. The summed E-state index contributed by atoms with van der Waals surface area (Å²) >= 11 is 14.6. The average molecular weight is 555 g/mol. The van der Waals surface area contributed by atoms with Crippen LogP contribution in [0.1, 0.15) is 69.9 Å². The van der Waals surface area contributed by atoms with Gasteiger partial charge in [0.25, 0.3) is 5.91 Å². The smallest absolute Gasteiger partial charge is 0.305 e. The lowest BCUT2D eigenvalue weighted by molar-refractivity contribution is -0.136. The van der Waals surface area contributed by atoms with Crippen LogP contribution < -0.4 is 5.32 Å². The van der Waals surface area contributed by atoms with E-state index >= 15 is 0 Å². The highest BCUT2D eigenvalue weighted by Crippen LogP contribution is 2.48. The van der Waals surface area contributed by atoms with Crippen LogP contribution in [0.5, 0.6) is 0 Å². The molecule has 1 unspecified atom stereocenters. The van der Waals surface area contributed by atoms with Gasteiger partial charge in [0.15, 0.2) is 0 Å². The van der Waals surface area contributed by atoms with Gasteiger partial charge in [-0.1, -0.05) is 72.9 Å². The van der Waals surface area contributed by atoms with Crippen molar-refractivity contribution in [2.24, 2.45) is 0 Å². The number of hydrogen-bond acceptors (Lipinski definition) is 3. The number of aliphatic carboxylic acids is 1. The van der Waals surface area contributed by atoms with E-state index in [2.05, 4.69) is 37.4 Å². The lowest BCUT2D eigenvalue weighted by atomic mass is 9.77. The van der Waals surface area contributed by atoms with Crippen LogP contribution in [-0.4, -0.2) is 23.5 Å². The van der Waals surface area contributed by atoms with Gasteiger partial charge in [0.2, 0.25) is 0 Å². The quantitative estimate of drug-likeness (QED) is 0.207. The fourth-order valence-corrected chi connectivity index (χ4v) is 6.69. The number of amides is 1. The lowest BCUT2D eigenvalue weighted by Crippen LogP contribution is -2.26. The number of carbonyl (C=O) groups is 2. The molecule has 1 heterocycles. The second-order valence-electron chi connectivity index (χ2n) is 9.15. The molecular formula is C30H29Cl2NO3S. The SMILES string of the molecule is CCC[C@H](c1ccc(C(=O)NCCC(=O)O)cc1)C(c1ccc(Cl)cc1)c1sc2c(Cl)cccc2c1C. The first-order valence-corrected chi connectivity index (χ1v) is 13.9. The second-order valence-corrected chi connectivity index (χ2v) is 11.0. The van der Waals surface area contributed by atoms with Gasteiger partial charge in [-0.25, -0.2) is 0 Å². The van der Waals surface area contributed by atoms with E-state index < -0.39 is 5.97 Å². The van der Waals surface area contributed by atoms with Gasteiger partial charge in [-0.3, -0.25) is 9.59 Å². The second kappa shape index (κ2) is 12.1. The third-order valence-electron chi connectivity index (χ3n) is 6.69. The Hall–Kier alpha value is -2.86. The van der Waals surface area contributed by atoms with E-state index in [1.54, 1.807) is 11.3 Å². The van der Waals surface area contributed by atoms with Crippen LogP contribution in [0, 0.1) is 6.92 Å². The van der Waals surface area contributed by atoms with Gasteiger partial charge in [0, 0.05) is 27.9 Å². The molecule has 4 nitrogen and oxygen atoms in total. The molecule has 0 spiro atoms. The topological polar surface area (TPSA) is 66.4 Å². The van der Waals surface area contributed by atoms with Crippen molar-refractivity contribution >= 4 is 56.5 Å². The first kappa shape index (κ1) is 27.2. The molecule has 1 aromatic heterocycles. The summed E-state index contributed by atoms with van der Waals surface area (Å²) in [6.07, 6.45) is 1.85. The molecule has 0 saturated carbocycles. The van der Waals surface area contributed by atoms with Crippen molar-refractivity contribution in [3.8, 4) is 0 Å². The minimum Gasteiger partial charge on any atom is -0.481 e. The number of benzene rings is 3. The van der Waals surface area contributed by atoms with Gasteiger partial charge in [-0.15, -0.1) is 11.3 Å². The standard InChI is InChI=1S/C30H29Cl2NO3S/c1-3-5-24(19-8-10-21(11-9-19)30(36)33-17-16-26(34)35)27(20-12-14-22(31)15-13-20)28-18(2)23-6-4-7-25(32)29(23)37-28/h4,6-15,24,27H,3,5,16-17H2,1-2H3,(H,33,36)(H,34,35)/t24-,27?/m1/s1. The van der Waals surface area contributed by atoms with Crippen LogP contribution in [0.3, 0.4) is 0 Å². The first-order chi connectivity index (χ1) is 17.8. The van der Waals surface area contributed by atoms with Gasteiger partial charge >= 0.3 is 5.97 Å². The van der Waals surface area contributed by atoms with E-state index in [0.29, 0.717) is 10.6 Å². The van der Waals surface area contributed by atoms with Gasteiger partial charge in [0.05, 0.1) is 16.1 Å². The van der Waals surface area contributed by atoms with Gasteiger partial charge in [-0.05, 0) is 71.7 Å². The molecule has 3 aromatic carbocycles. The maximum atomic E-state index is 12.5. The number of thiophene rings is 1. The predicted octanol–water partition coefficient (Wildman–Crippen LogP) is 8.44. The van der Waals surface area contributed by atoms with E-state index in [4.69, 9.17) is 28.3 Å². The highest BCUT2D eigenvalue weighted by molar-refractivity contribution is 7.20. The van der Waals surface area contributed by atoms with Gasteiger partial charge < -0.3 is 10.4 Å². The molecule has 7 heteroatoms. The summed E-state index contributed by atoms with van der Waals surface area (Å²) in [5.74, 6) is -0.963. The maximum Gasteiger partial charge on any atom is 0.305 e. The molecule has 0 aliphatic heterocycles.